The number of imide groups is 2. The number of nitrogens with zero attached hydrogens (tertiary/aromatic N) is 7. The van der Waals surface area contributed by atoms with Crippen molar-refractivity contribution in [2.45, 2.75) is 76.8 Å². The minimum Gasteiger partial charge on any atom is -0.467 e. The highest BCUT2D eigenvalue weighted by atomic mass is 16.3. The van der Waals surface area contributed by atoms with E-state index in [1.807, 2.05) is 27.6 Å². The molecule has 3 N–H and O–H groups in total. The van der Waals surface area contributed by atoms with Crippen LogP contribution < -0.4 is 20.9 Å². The number of benzene rings is 2. The van der Waals surface area contributed by atoms with Crippen LogP contribution >= 0.6 is 0 Å². The number of aromatic nitrogens is 4. The lowest BCUT2D eigenvalue weighted by molar-refractivity contribution is -0.136. The van der Waals surface area contributed by atoms with Crippen LogP contribution in [-0.2, 0) is 20.9 Å². The van der Waals surface area contributed by atoms with Crippen molar-refractivity contribution in [2.24, 2.45) is 0 Å². The van der Waals surface area contributed by atoms with E-state index in [-0.39, 0.29) is 29.9 Å². The lowest BCUT2D eigenvalue weighted by Crippen LogP contribution is -2.54. The Morgan fingerprint density at radius 2 is 1.61 bits per heavy atom. The number of rotatable bonds is 17. The lowest BCUT2D eigenvalue weighted by atomic mass is 10.0. The second-order valence-electron chi connectivity index (χ2n) is 15.2. The normalized spacial score (nSPS) is 16.8. The highest BCUT2D eigenvalue weighted by Crippen LogP contribution is 2.33. The lowest BCUT2D eigenvalue weighted by Gasteiger charge is -2.36. The quantitative estimate of drug-likeness (QED) is 0.0818. The van der Waals surface area contributed by atoms with Gasteiger partial charge in [-0.15, -0.1) is 10.2 Å². The third kappa shape index (κ3) is 8.66. The molecule has 59 heavy (non-hydrogen) atoms. The number of amides is 5. The largest absolute Gasteiger partial charge is 0.467 e. The van der Waals surface area contributed by atoms with E-state index in [0.717, 1.165) is 85.5 Å². The molecule has 3 aromatic heterocycles. The van der Waals surface area contributed by atoms with Gasteiger partial charge in [0.1, 0.15) is 18.1 Å². The molecule has 3 aliphatic heterocycles. The first kappa shape index (κ1) is 39.3. The number of hydrogen-bond donors (Lipinski definition) is 3. The smallest absolute Gasteiger partial charge is 0.264 e. The van der Waals surface area contributed by atoms with Gasteiger partial charge in [-0.2, -0.15) is 0 Å². The zero-order valence-electron chi connectivity index (χ0n) is 32.9. The van der Waals surface area contributed by atoms with Crippen molar-refractivity contribution in [1.29, 1.82) is 0 Å². The van der Waals surface area contributed by atoms with E-state index in [1.165, 1.54) is 0 Å². The van der Waals surface area contributed by atoms with Crippen molar-refractivity contribution >= 4 is 52.5 Å². The van der Waals surface area contributed by atoms with Crippen molar-refractivity contribution in [1.82, 2.24) is 34.7 Å². The van der Waals surface area contributed by atoms with Crippen molar-refractivity contribution < 1.29 is 28.4 Å². The standard InChI is InChI=1S/C43H48N10O6/c54-36-19-18-35(40(56)48-36)53-41(57)32-11-8-12-34(38(32)42(53)58)44-20-7-5-3-1-2-4-6-13-37(55)51-23-21-50(22-24-51)30-16-14-29(15-17-30)33-27-46-43(52-28-47-49-39(33)52)45-26-31-10-9-25-59-31/h8-12,14-17,25,27-28,35,44H,1-7,13,18-24,26H2,(H,45,46)(H,48,54,56). The fourth-order valence-corrected chi connectivity index (χ4v) is 8.13. The molecular formula is C43H48N10O6. The third-order valence-electron chi connectivity index (χ3n) is 11.4. The van der Waals surface area contributed by atoms with Gasteiger partial charge in [0, 0.05) is 68.7 Å². The zero-order chi connectivity index (χ0) is 40.7. The van der Waals surface area contributed by atoms with E-state index in [9.17, 15) is 24.0 Å². The molecular weight excluding hydrogens is 753 g/mol. The van der Waals surface area contributed by atoms with Crippen LogP contribution in [0.15, 0.2) is 77.8 Å². The molecule has 0 aliphatic carbocycles. The number of fused-ring (bicyclic) bond motifs is 2. The number of hydrogen-bond acceptors (Lipinski definition) is 12. The fraction of sp³-hybridized carbons (Fsp3) is 0.395. The number of unbranched alkanes of at least 4 members (excludes halogenated alkanes) is 6. The summed E-state index contributed by atoms with van der Waals surface area (Å²) in [6.45, 7) is 4.13. The zero-order valence-corrected chi connectivity index (χ0v) is 32.9. The summed E-state index contributed by atoms with van der Waals surface area (Å²) in [6.07, 6.45) is 13.0. The number of piperazine rings is 1. The maximum Gasteiger partial charge on any atom is 0.264 e. The molecule has 6 heterocycles. The van der Waals surface area contributed by atoms with Crippen LogP contribution in [0.3, 0.4) is 0 Å². The minimum absolute atomic E-state index is 0.0861. The summed E-state index contributed by atoms with van der Waals surface area (Å²) in [7, 11) is 0. The molecule has 2 fully saturated rings. The number of carbonyl (C=O) groups is 5. The van der Waals surface area contributed by atoms with Crippen LogP contribution in [0.5, 0.6) is 0 Å². The van der Waals surface area contributed by atoms with Crippen molar-refractivity contribution in [3.8, 4) is 11.1 Å². The first-order valence-corrected chi connectivity index (χ1v) is 20.5. The Morgan fingerprint density at radius 1 is 0.831 bits per heavy atom. The molecule has 0 spiro atoms. The highest BCUT2D eigenvalue weighted by molar-refractivity contribution is 6.25. The highest BCUT2D eigenvalue weighted by Gasteiger charge is 2.45. The molecule has 1 atom stereocenters. The molecule has 2 aromatic carbocycles. The van der Waals surface area contributed by atoms with E-state index < -0.39 is 29.7 Å². The summed E-state index contributed by atoms with van der Waals surface area (Å²) >= 11 is 0. The number of carbonyl (C=O) groups excluding carboxylic acids is 5. The van der Waals surface area contributed by atoms with Crippen LogP contribution in [-0.4, -0.2) is 97.7 Å². The SMILES string of the molecule is O=C1CCC(N2C(=O)c3cccc(NCCCCCCCCCC(=O)N4CCN(c5ccc(-c6cnc(NCc7ccco7)n7cnnc67)cc5)CC4)c3C2=O)C(=O)N1. The van der Waals surface area contributed by atoms with Gasteiger partial charge in [-0.25, -0.2) is 4.98 Å². The topological polar surface area (TPSA) is 187 Å². The van der Waals surface area contributed by atoms with Crippen molar-refractivity contribution in [2.75, 3.05) is 48.3 Å². The van der Waals surface area contributed by atoms with Crippen molar-refractivity contribution in [3.05, 3.63) is 90.3 Å². The summed E-state index contributed by atoms with van der Waals surface area (Å²) in [5.74, 6) is -0.360. The van der Waals surface area contributed by atoms with Gasteiger partial charge >= 0.3 is 0 Å². The Hall–Kier alpha value is -6.58. The van der Waals surface area contributed by atoms with Gasteiger partial charge < -0.3 is 24.9 Å². The Kier molecular flexibility index (Phi) is 11.9. The van der Waals surface area contributed by atoms with E-state index in [0.29, 0.717) is 49.9 Å². The van der Waals surface area contributed by atoms with Crippen LogP contribution in [0.25, 0.3) is 16.8 Å². The molecule has 3 aliphatic rings. The molecule has 16 heteroatoms. The summed E-state index contributed by atoms with van der Waals surface area (Å²) in [5.41, 5.74) is 4.85. The number of piperidine rings is 1. The molecule has 0 radical (unpaired) electrons. The monoisotopic (exact) mass is 800 g/mol. The second-order valence-corrected chi connectivity index (χ2v) is 15.2. The Morgan fingerprint density at radius 3 is 2.37 bits per heavy atom. The van der Waals surface area contributed by atoms with E-state index in [1.54, 1.807) is 30.8 Å². The molecule has 1 unspecified atom stereocenters. The number of anilines is 3. The van der Waals surface area contributed by atoms with Crippen LogP contribution in [0.4, 0.5) is 17.3 Å². The van der Waals surface area contributed by atoms with E-state index in [4.69, 9.17) is 4.42 Å². The predicted octanol–water partition coefficient (Wildman–Crippen LogP) is 5.28. The van der Waals surface area contributed by atoms with Crippen LogP contribution in [0.2, 0.25) is 0 Å². The van der Waals surface area contributed by atoms with Gasteiger partial charge in [-0.05, 0) is 61.2 Å². The summed E-state index contributed by atoms with van der Waals surface area (Å²) in [6, 6.07) is 16.3. The van der Waals surface area contributed by atoms with Crippen molar-refractivity contribution in [3.63, 3.8) is 0 Å². The fourth-order valence-electron chi connectivity index (χ4n) is 8.13. The third-order valence-corrected chi connectivity index (χ3v) is 11.4. The Balaban J connectivity index is 0.702. The number of furan rings is 1. The summed E-state index contributed by atoms with van der Waals surface area (Å²) in [5, 5.41) is 17.3. The average Bonchev–Trinajstić information content (AvgIpc) is 4.02. The van der Waals surface area contributed by atoms with Gasteiger partial charge in [-0.3, -0.25) is 38.6 Å². The van der Waals surface area contributed by atoms with Crippen LogP contribution in [0.1, 0.15) is 90.7 Å². The predicted molar refractivity (Wildman–Crippen MR) is 220 cm³/mol. The van der Waals surface area contributed by atoms with E-state index >= 15 is 0 Å². The molecule has 0 bridgehead atoms. The molecule has 0 saturated carbocycles. The molecule has 8 rings (SSSR count). The molecule has 306 valence electrons. The van der Waals surface area contributed by atoms with Gasteiger partial charge in [0.05, 0.1) is 23.9 Å². The van der Waals surface area contributed by atoms with Gasteiger partial charge in [0.25, 0.3) is 11.8 Å². The summed E-state index contributed by atoms with van der Waals surface area (Å²) < 4.78 is 7.25. The van der Waals surface area contributed by atoms with E-state index in [2.05, 4.69) is 60.3 Å². The first-order valence-electron chi connectivity index (χ1n) is 20.5. The number of nitrogens with one attached hydrogen (secondary N) is 3. The molecule has 2 saturated heterocycles. The summed E-state index contributed by atoms with van der Waals surface area (Å²) in [4.78, 5) is 73.3. The molecule has 5 amide bonds. The van der Waals surface area contributed by atoms with Gasteiger partial charge in [-0.1, -0.05) is 50.3 Å². The minimum atomic E-state index is -0.982. The first-order chi connectivity index (χ1) is 28.9. The van der Waals surface area contributed by atoms with Gasteiger partial charge in [0.15, 0.2) is 5.65 Å². The Bertz CT molecular complexity index is 2320. The second kappa shape index (κ2) is 17.9. The maximum absolute atomic E-state index is 13.3. The maximum atomic E-state index is 13.3. The molecule has 16 nitrogen and oxygen atoms in total. The Labute approximate surface area is 341 Å². The van der Waals surface area contributed by atoms with Crippen LogP contribution in [0, 0.1) is 0 Å². The van der Waals surface area contributed by atoms with Gasteiger partial charge in [0.2, 0.25) is 23.7 Å². The average molecular weight is 801 g/mol. The molecule has 5 aromatic rings.